The lowest BCUT2D eigenvalue weighted by molar-refractivity contribution is -0.0684. The first-order valence-electron chi connectivity index (χ1n) is 9.04. The van der Waals surface area contributed by atoms with Crippen LogP contribution >= 0.6 is 0 Å². The summed E-state index contributed by atoms with van der Waals surface area (Å²) < 4.78 is 16.4. The maximum absolute atomic E-state index is 5.66. The predicted octanol–water partition coefficient (Wildman–Crippen LogP) is 3.89. The van der Waals surface area contributed by atoms with E-state index in [2.05, 4.69) is 24.4 Å². The third-order valence-corrected chi connectivity index (χ3v) is 4.04. The molecule has 0 aromatic heterocycles. The molecular weight excluding hydrogens is 290 g/mol. The van der Waals surface area contributed by atoms with Gasteiger partial charge in [-0.05, 0) is 30.7 Å². The lowest BCUT2D eigenvalue weighted by Crippen LogP contribution is -2.18. The van der Waals surface area contributed by atoms with Gasteiger partial charge in [0.25, 0.3) is 0 Å². The second-order valence-corrected chi connectivity index (χ2v) is 6.07. The van der Waals surface area contributed by atoms with Gasteiger partial charge in [0.15, 0.2) is 6.29 Å². The van der Waals surface area contributed by atoms with Gasteiger partial charge in [0.2, 0.25) is 0 Å². The second-order valence-electron chi connectivity index (χ2n) is 6.07. The van der Waals surface area contributed by atoms with E-state index in [1.807, 2.05) is 12.1 Å². The molecule has 1 saturated heterocycles. The summed E-state index contributed by atoms with van der Waals surface area (Å²) in [7, 11) is 0. The van der Waals surface area contributed by atoms with Gasteiger partial charge < -0.3 is 19.5 Å². The van der Waals surface area contributed by atoms with Crippen LogP contribution in [0, 0.1) is 0 Å². The molecule has 0 spiro atoms. The van der Waals surface area contributed by atoms with Gasteiger partial charge in [-0.25, -0.2) is 0 Å². The average Bonchev–Trinajstić information content (AvgIpc) is 3.10. The number of hydrogen-bond acceptors (Lipinski definition) is 4. The third-order valence-electron chi connectivity index (χ3n) is 4.04. The first-order chi connectivity index (χ1) is 11.4. The molecule has 23 heavy (non-hydrogen) atoms. The van der Waals surface area contributed by atoms with E-state index in [-0.39, 0.29) is 6.29 Å². The minimum atomic E-state index is -0.214. The van der Waals surface area contributed by atoms with Crippen molar-refractivity contribution in [1.82, 2.24) is 5.32 Å². The van der Waals surface area contributed by atoms with Gasteiger partial charge in [-0.1, -0.05) is 51.2 Å². The van der Waals surface area contributed by atoms with Crippen LogP contribution in [0.25, 0.3) is 0 Å². The van der Waals surface area contributed by atoms with Gasteiger partial charge >= 0.3 is 0 Å². The highest BCUT2D eigenvalue weighted by Gasteiger charge is 2.16. The zero-order valence-electron chi connectivity index (χ0n) is 14.4. The van der Waals surface area contributed by atoms with Gasteiger partial charge in [-0.15, -0.1) is 0 Å². The summed E-state index contributed by atoms with van der Waals surface area (Å²) in [4.78, 5) is 0. The van der Waals surface area contributed by atoms with Gasteiger partial charge in [0, 0.05) is 6.54 Å². The van der Waals surface area contributed by atoms with Crippen molar-refractivity contribution in [2.24, 2.45) is 0 Å². The van der Waals surface area contributed by atoms with Crippen molar-refractivity contribution in [1.29, 1.82) is 0 Å². The minimum Gasteiger partial charge on any atom is -0.488 e. The highest BCUT2D eigenvalue weighted by Crippen LogP contribution is 2.14. The van der Waals surface area contributed by atoms with Crippen LogP contribution in [0.1, 0.15) is 51.0 Å². The topological polar surface area (TPSA) is 39.7 Å². The van der Waals surface area contributed by atoms with Crippen LogP contribution in [-0.4, -0.2) is 32.7 Å². The summed E-state index contributed by atoms with van der Waals surface area (Å²) in [5, 5.41) is 3.51. The molecule has 1 fully saturated rings. The van der Waals surface area contributed by atoms with Crippen LogP contribution in [0.4, 0.5) is 0 Å². The first-order valence-corrected chi connectivity index (χ1v) is 9.04. The summed E-state index contributed by atoms with van der Waals surface area (Å²) in [6.07, 6.45) is 7.84. The lowest BCUT2D eigenvalue weighted by atomic mass is 10.1. The Balaban J connectivity index is 1.52. The maximum atomic E-state index is 5.66. The van der Waals surface area contributed by atoms with Crippen molar-refractivity contribution in [3.05, 3.63) is 29.8 Å². The van der Waals surface area contributed by atoms with Crippen molar-refractivity contribution in [2.75, 3.05) is 26.4 Å². The molecule has 1 aromatic rings. The van der Waals surface area contributed by atoms with E-state index in [1.54, 1.807) is 0 Å². The van der Waals surface area contributed by atoms with Crippen molar-refractivity contribution in [2.45, 2.75) is 58.3 Å². The second kappa shape index (κ2) is 11.4. The summed E-state index contributed by atoms with van der Waals surface area (Å²) in [6, 6.07) is 8.24. The number of benzene rings is 1. The quantitative estimate of drug-likeness (QED) is 0.593. The molecule has 4 heteroatoms. The molecule has 130 valence electrons. The van der Waals surface area contributed by atoms with E-state index in [0.717, 1.165) is 18.8 Å². The Morgan fingerprint density at radius 1 is 1.00 bits per heavy atom. The summed E-state index contributed by atoms with van der Waals surface area (Å²) in [5.41, 5.74) is 1.29. The fourth-order valence-electron chi connectivity index (χ4n) is 2.63. The van der Waals surface area contributed by atoms with Crippen LogP contribution < -0.4 is 10.1 Å². The maximum Gasteiger partial charge on any atom is 0.191 e. The minimum absolute atomic E-state index is 0.214. The molecule has 1 heterocycles. The molecule has 1 aliphatic rings. The monoisotopic (exact) mass is 321 g/mol. The number of rotatable bonds is 12. The SMILES string of the molecule is CCCCCCCCNCc1ccc(OCC2OCCO2)cc1. The Kier molecular flexibility index (Phi) is 9.07. The number of nitrogens with one attached hydrogen (secondary N) is 1. The highest BCUT2D eigenvalue weighted by molar-refractivity contribution is 5.27. The number of hydrogen-bond donors (Lipinski definition) is 1. The summed E-state index contributed by atoms with van der Waals surface area (Å²) in [5.74, 6) is 0.865. The molecular formula is C19H31NO3. The van der Waals surface area contributed by atoms with Crippen LogP contribution in [0.3, 0.4) is 0 Å². The van der Waals surface area contributed by atoms with Crippen LogP contribution in [0.15, 0.2) is 24.3 Å². The third kappa shape index (κ3) is 7.82. The zero-order valence-corrected chi connectivity index (χ0v) is 14.4. The van der Waals surface area contributed by atoms with Crippen LogP contribution in [0.2, 0.25) is 0 Å². The Bertz CT molecular complexity index is 402. The van der Waals surface area contributed by atoms with E-state index in [9.17, 15) is 0 Å². The number of ether oxygens (including phenoxy) is 3. The van der Waals surface area contributed by atoms with E-state index >= 15 is 0 Å². The standard InChI is InChI=1S/C19H31NO3/c1-2-3-4-5-6-7-12-20-15-17-8-10-18(11-9-17)23-16-19-21-13-14-22-19/h8-11,19-20H,2-7,12-16H2,1H3. The molecule has 4 nitrogen and oxygen atoms in total. The molecule has 2 rings (SSSR count). The Morgan fingerprint density at radius 2 is 1.70 bits per heavy atom. The highest BCUT2D eigenvalue weighted by atomic mass is 16.7. The van der Waals surface area contributed by atoms with Gasteiger partial charge in [-0.3, -0.25) is 0 Å². The fraction of sp³-hybridized carbons (Fsp3) is 0.684. The van der Waals surface area contributed by atoms with Crippen molar-refractivity contribution >= 4 is 0 Å². The van der Waals surface area contributed by atoms with Crippen LogP contribution in [0.5, 0.6) is 5.75 Å². The Morgan fingerprint density at radius 3 is 2.43 bits per heavy atom. The van der Waals surface area contributed by atoms with E-state index in [1.165, 1.54) is 44.1 Å². The molecule has 1 aromatic carbocycles. The van der Waals surface area contributed by atoms with Gasteiger partial charge in [-0.2, -0.15) is 0 Å². The molecule has 0 amide bonds. The summed E-state index contributed by atoms with van der Waals surface area (Å²) >= 11 is 0. The smallest absolute Gasteiger partial charge is 0.191 e. The first kappa shape index (κ1) is 18.2. The largest absolute Gasteiger partial charge is 0.488 e. The Hall–Kier alpha value is -1.10. The zero-order chi connectivity index (χ0) is 16.2. The molecule has 0 saturated carbocycles. The van der Waals surface area contributed by atoms with Crippen LogP contribution in [-0.2, 0) is 16.0 Å². The molecule has 1 aliphatic heterocycles. The van der Waals surface area contributed by atoms with E-state index < -0.39 is 0 Å². The van der Waals surface area contributed by atoms with E-state index in [0.29, 0.717) is 19.8 Å². The van der Waals surface area contributed by atoms with Crippen molar-refractivity contribution in [3.63, 3.8) is 0 Å². The fourth-order valence-corrected chi connectivity index (χ4v) is 2.63. The molecule has 0 atom stereocenters. The van der Waals surface area contributed by atoms with Crippen molar-refractivity contribution < 1.29 is 14.2 Å². The molecule has 0 radical (unpaired) electrons. The van der Waals surface area contributed by atoms with Gasteiger partial charge in [0.05, 0.1) is 13.2 Å². The summed E-state index contributed by atoms with van der Waals surface area (Å²) in [6.45, 7) is 6.06. The predicted molar refractivity (Wildman–Crippen MR) is 92.7 cm³/mol. The molecule has 0 bridgehead atoms. The lowest BCUT2D eigenvalue weighted by Gasteiger charge is -2.11. The molecule has 0 unspecified atom stereocenters. The normalized spacial score (nSPS) is 15.2. The molecule has 0 aliphatic carbocycles. The Labute approximate surface area is 140 Å². The van der Waals surface area contributed by atoms with Gasteiger partial charge in [0.1, 0.15) is 12.4 Å². The van der Waals surface area contributed by atoms with E-state index in [4.69, 9.17) is 14.2 Å². The average molecular weight is 321 g/mol. The number of unbranched alkanes of at least 4 members (excludes halogenated alkanes) is 5. The van der Waals surface area contributed by atoms with Crippen molar-refractivity contribution in [3.8, 4) is 5.75 Å². The molecule has 1 N–H and O–H groups in total.